The number of fused-ring (bicyclic) bond motifs is 1. The first-order chi connectivity index (χ1) is 9.84. The number of pyridine rings is 1. The van der Waals surface area contributed by atoms with E-state index in [9.17, 15) is 0 Å². The van der Waals surface area contributed by atoms with Crippen molar-refractivity contribution < 1.29 is 0 Å². The molecule has 0 aliphatic carbocycles. The smallest absolute Gasteiger partial charge is 0.106 e. The van der Waals surface area contributed by atoms with Gasteiger partial charge >= 0.3 is 0 Å². The molecule has 0 fully saturated rings. The Kier molecular flexibility index (Phi) is 3.50. The van der Waals surface area contributed by atoms with E-state index in [1.165, 1.54) is 0 Å². The summed E-state index contributed by atoms with van der Waals surface area (Å²) in [6.45, 7) is 0.884. The van der Waals surface area contributed by atoms with Crippen molar-refractivity contribution in [3.05, 3.63) is 48.7 Å². The molecule has 20 heavy (non-hydrogen) atoms. The Balaban J connectivity index is 1.67. The minimum atomic E-state index is 0.710. The molecule has 2 heterocycles. The monoisotopic (exact) mass is 267 g/mol. The number of nitrogens with zero attached hydrogens (tertiary/aromatic N) is 2. The summed E-state index contributed by atoms with van der Waals surface area (Å²) >= 11 is 0. The van der Waals surface area contributed by atoms with Crippen LogP contribution in [0, 0.1) is 0 Å². The van der Waals surface area contributed by atoms with Gasteiger partial charge in [-0.15, -0.1) is 0 Å². The maximum atomic E-state index is 5.94. The first-order valence-corrected chi connectivity index (χ1v) is 6.70. The number of rotatable bonds is 5. The van der Waals surface area contributed by atoms with Gasteiger partial charge in [0.15, 0.2) is 0 Å². The minimum Gasteiger partial charge on any atom is -0.397 e. The van der Waals surface area contributed by atoms with Crippen LogP contribution in [0.2, 0.25) is 0 Å². The lowest BCUT2D eigenvalue weighted by atomic mass is 10.1. The molecule has 102 valence electrons. The summed E-state index contributed by atoms with van der Waals surface area (Å²) < 4.78 is 0. The van der Waals surface area contributed by atoms with Crippen molar-refractivity contribution in [1.82, 2.24) is 15.0 Å². The van der Waals surface area contributed by atoms with Gasteiger partial charge < -0.3 is 16.0 Å². The molecule has 0 aliphatic heterocycles. The first-order valence-electron chi connectivity index (χ1n) is 6.70. The molecule has 0 unspecified atom stereocenters. The number of nitrogen functional groups attached to an aromatic ring is 1. The van der Waals surface area contributed by atoms with Crippen molar-refractivity contribution >= 4 is 22.3 Å². The van der Waals surface area contributed by atoms with Gasteiger partial charge in [0.05, 0.1) is 11.2 Å². The van der Waals surface area contributed by atoms with E-state index in [1.807, 2.05) is 30.5 Å². The summed E-state index contributed by atoms with van der Waals surface area (Å²) in [5, 5.41) is 4.50. The molecule has 0 atom stereocenters. The third kappa shape index (κ3) is 2.56. The third-order valence-corrected chi connectivity index (χ3v) is 3.26. The van der Waals surface area contributed by atoms with Gasteiger partial charge in [-0.3, -0.25) is 4.98 Å². The topological polar surface area (TPSA) is 79.6 Å². The minimum absolute atomic E-state index is 0.710. The van der Waals surface area contributed by atoms with E-state index in [2.05, 4.69) is 20.3 Å². The van der Waals surface area contributed by atoms with Gasteiger partial charge in [-0.05, 0) is 30.7 Å². The Labute approximate surface area is 117 Å². The Morgan fingerprint density at radius 1 is 1.15 bits per heavy atom. The van der Waals surface area contributed by atoms with E-state index in [4.69, 9.17) is 5.73 Å². The number of anilines is 2. The molecule has 0 aliphatic rings. The van der Waals surface area contributed by atoms with Crippen LogP contribution in [0.5, 0.6) is 0 Å². The van der Waals surface area contributed by atoms with Crippen molar-refractivity contribution in [2.45, 2.75) is 12.8 Å². The van der Waals surface area contributed by atoms with Crippen molar-refractivity contribution in [1.29, 1.82) is 0 Å². The van der Waals surface area contributed by atoms with Gasteiger partial charge in [0, 0.05) is 42.6 Å². The number of benzene rings is 1. The largest absolute Gasteiger partial charge is 0.397 e. The number of aryl methyl sites for hydroxylation is 1. The van der Waals surface area contributed by atoms with Gasteiger partial charge in [-0.25, -0.2) is 4.98 Å². The maximum Gasteiger partial charge on any atom is 0.106 e. The molecule has 0 bridgehead atoms. The van der Waals surface area contributed by atoms with Crippen molar-refractivity contribution in [2.75, 3.05) is 17.6 Å². The van der Waals surface area contributed by atoms with E-state index >= 15 is 0 Å². The molecule has 2 aromatic heterocycles. The second-order valence-corrected chi connectivity index (χ2v) is 4.67. The highest BCUT2D eigenvalue weighted by Crippen LogP contribution is 2.26. The summed E-state index contributed by atoms with van der Waals surface area (Å²) in [7, 11) is 0. The summed E-state index contributed by atoms with van der Waals surface area (Å²) in [4.78, 5) is 11.7. The SMILES string of the molecule is Nc1ccc(NCCCc2ncc[nH]2)c2cccnc12. The highest BCUT2D eigenvalue weighted by molar-refractivity contribution is 5.98. The van der Waals surface area contributed by atoms with E-state index < -0.39 is 0 Å². The van der Waals surface area contributed by atoms with Crippen LogP contribution >= 0.6 is 0 Å². The molecule has 0 radical (unpaired) electrons. The van der Waals surface area contributed by atoms with Crippen LogP contribution in [0.4, 0.5) is 11.4 Å². The van der Waals surface area contributed by atoms with Crippen LogP contribution in [0.25, 0.3) is 10.9 Å². The predicted molar refractivity (Wildman–Crippen MR) is 81.6 cm³/mol. The third-order valence-electron chi connectivity index (χ3n) is 3.26. The zero-order chi connectivity index (χ0) is 13.8. The second kappa shape index (κ2) is 5.61. The number of H-pyrrole nitrogens is 1. The quantitative estimate of drug-likeness (QED) is 0.490. The van der Waals surface area contributed by atoms with Crippen molar-refractivity contribution in [3.63, 3.8) is 0 Å². The summed E-state index contributed by atoms with van der Waals surface area (Å²) in [6, 6.07) is 7.86. The lowest BCUT2D eigenvalue weighted by molar-refractivity contribution is 0.817. The van der Waals surface area contributed by atoms with Crippen LogP contribution < -0.4 is 11.1 Å². The molecular formula is C15H17N5. The molecule has 0 spiro atoms. The molecule has 3 aromatic rings. The second-order valence-electron chi connectivity index (χ2n) is 4.67. The summed E-state index contributed by atoms with van der Waals surface area (Å²) in [5.41, 5.74) is 8.57. The van der Waals surface area contributed by atoms with Crippen molar-refractivity contribution in [3.8, 4) is 0 Å². The lowest BCUT2D eigenvalue weighted by Crippen LogP contribution is -2.04. The van der Waals surface area contributed by atoms with Crippen LogP contribution in [0.3, 0.4) is 0 Å². The number of hydrogen-bond donors (Lipinski definition) is 3. The molecule has 5 nitrogen and oxygen atoms in total. The number of aromatic amines is 1. The Morgan fingerprint density at radius 3 is 2.95 bits per heavy atom. The zero-order valence-corrected chi connectivity index (χ0v) is 11.1. The van der Waals surface area contributed by atoms with Crippen LogP contribution in [-0.4, -0.2) is 21.5 Å². The van der Waals surface area contributed by atoms with E-state index in [0.717, 1.165) is 41.8 Å². The van der Waals surface area contributed by atoms with Gasteiger partial charge in [-0.2, -0.15) is 0 Å². The Morgan fingerprint density at radius 2 is 2.10 bits per heavy atom. The number of nitrogens with two attached hydrogens (primary N) is 1. The molecule has 5 heteroatoms. The van der Waals surface area contributed by atoms with Gasteiger partial charge in [0.1, 0.15) is 5.82 Å². The maximum absolute atomic E-state index is 5.94. The lowest BCUT2D eigenvalue weighted by Gasteiger charge is -2.10. The highest BCUT2D eigenvalue weighted by atomic mass is 14.9. The molecule has 3 rings (SSSR count). The summed E-state index contributed by atoms with van der Waals surface area (Å²) in [5.74, 6) is 1.02. The fourth-order valence-electron chi connectivity index (χ4n) is 2.26. The van der Waals surface area contributed by atoms with Crippen molar-refractivity contribution in [2.24, 2.45) is 0 Å². The Bertz CT molecular complexity index is 691. The van der Waals surface area contributed by atoms with Gasteiger partial charge in [0.2, 0.25) is 0 Å². The van der Waals surface area contributed by atoms with Crippen LogP contribution in [0.1, 0.15) is 12.2 Å². The normalized spacial score (nSPS) is 10.8. The molecule has 1 aromatic carbocycles. The molecule has 0 amide bonds. The van der Waals surface area contributed by atoms with Gasteiger partial charge in [0.25, 0.3) is 0 Å². The summed E-state index contributed by atoms with van der Waals surface area (Å²) in [6.07, 6.45) is 7.34. The van der Waals surface area contributed by atoms with Gasteiger partial charge in [-0.1, -0.05) is 0 Å². The number of nitrogens with one attached hydrogen (secondary N) is 2. The van der Waals surface area contributed by atoms with Crippen LogP contribution in [-0.2, 0) is 6.42 Å². The Hall–Kier alpha value is -2.56. The molecule has 0 saturated heterocycles. The zero-order valence-electron chi connectivity index (χ0n) is 11.1. The first kappa shape index (κ1) is 12.5. The standard InChI is InChI=1S/C15H17N5/c16-12-5-6-13(11-3-1-8-20-15(11)12)17-7-2-4-14-18-9-10-19-14/h1,3,5-6,8-10,17H,2,4,7,16H2,(H,18,19). The highest BCUT2D eigenvalue weighted by Gasteiger charge is 2.04. The average Bonchev–Trinajstić information content (AvgIpc) is 2.99. The van der Waals surface area contributed by atoms with E-state index in [0.29, 0.717) is 5.69 Å². The number of hydrogen-bond acceptors (Lipinski definition) is 4. The average molecular weight is 267 g/mol. The predicted octanol–water partition coefficient (Wildman–Crippen LogP) is 2.58. The van der Waals surface area contributed by atoms with Crippen LogP contribution in [0.15, 0.2) is 42.9 Å². The molecule has 4 N–H and O–H groups in total. The number of aromatic nitrogens is 3. The molecular weight excluding hydrogens is 250 g/mol. The fraction of sp³-hybridized carbons (Fsp3) is 0.200. The van der Waals surface area contributed by atoms with E-state index in [-0.39, 0.29) is 0 Å². The molecule has 0 saturated carbocycles. The number of imidazole rings is 1. The fourth-order valence-corrected chi connectivity index (χ4v) is 2.26. The van der Waals surface area contributed by atoms with E-state index in [1.54, 1.807) is 12.4 Å².